The highest BCUT2D eigenvalue weighted by Crippen LogP contribution is 2.33. The molecule has 1 atom stereocenters. The molecule has 5 nitrogen and oxygen atoms in total. The van der Waals surface area contributed by atoms with Crippen LogP contribution in [-0.4, -0.2) is 54.0 Å². The van der Waals surface area contributed by atoms with Crippen LogP contribution in [0.25, 0.3) is 10.6 Å². The quantitative estimate of drug-likeness (QED) is 0.705. The largest absolute Gasteiger partial charge is 0.496 e. The van der Waals surface area contributed by atoms with Crippen molar-refractivity contribution in [3.8, 4) is 16.3 Å². The molecule has 0 unspecified atom stereocenters. The molecule has 1 aromatic heterocycles. The van der Waals surface area contributed by atoms with Crippen LogP contribution in [0.4, 0.5) is 0 Å². The Balaban J connectivity index is 1.34. The zero-order chi connectivity index (χ0) is 19.5. The van der Waals surface area contributed by atoms with Crippen molar-refractivity contribution in [2.45, 2.75) is 44.7 Å². The normalized spacial score (nSPS) is 20.5. The van der Waals surface area contributed by atoms with E-state index >= 15 is 0 Å². The maximum atomic E-state index is 12.4. The number of rotatable bonds is 7. The third-order valence-corrected chi connectivity index (χ3v) is 6.91. The molecule has 0 N–H and O–H groups in total. The van der Waals surface area contributed by atoms with Crippen LogP contribution < -0.4 is 4.74 Å². The Morgan fingerprint density at radius 1 is 1.29 bits per heavy atom. The number of para-hydroxylation sites is 1. The van der Waals surface area contributed by atoms with E-state index in [4.69, 9.17) is 4.74 Å². The molecule has 0 radical (unpaired) electrons. The first-order valence-corrected chi connectivity index (χ1v) is 11.0. The Hall–Kier alpha value is -1.92. The molecule has 1 aliphatic carbocycles. The van der Waals surface area contributed by atoms with Crippen LogP contribution >= 0.6 is 11.3 Å². The molecule has 28 heavy (non-hydrogen) atoms. The van der Waals surface area contributed by atoms with Crippen LogP contribution in [0.1, 0.15) is 37.0 Å². The van der Waals surface area contributed by atoms with Crippen LogP contribution in [0.5, 0.6) is 5.75 Å². The van der Waals surface area contributed by atoms with Gasteiger partial charge in [0.05, 0.1) is 12.7 Å². The molecule has 1 saturated heterocycles. The standard InChI is InChI=1S/C22H29N3O2S/c1-24(13-16-11-21(26)25(14-16)17-7-3-4-8-17)15-18-12-23-22(28-18)19-9-5-6-10-20(19)27-2/h5-6,9-10,12,16-17H,3-4,7-8,11,13-15H2,1-2H3/t16-/m1/s1. The lowest BCUT2D eigenvalue weighted by molar-refractivity contribution is -0.129. The Morgan fingerprint density at radius 2 is 2.07 bits per heavy atom. The molecule has 150 valence electrons. The SMILES string of the molecule is COc1ccccc1-c1ncc(CN(C)C[C@H]2CC(=O)N(C3CCCC3)C2)s1. The first-order valence-electron chi connectivity index (χ1n) is 10.2. The molecule has 2 heterocycles. The van der Waals surface area contributed by atoms with Crippen molar-refractivity contribution in [3.63, 3.8) is 0 Å². The maximum absolute atomic E-state index is 12.4. The minimum atomic E-state index is 0.363. The van der Waals surface area contributed by atoms with Gasteiger partial charge in [0.25, 0.3) is 0 Å². The number of methoxy groups -OCH3 is 1. The van der Waals surface area contributed by atoms with E-state index in [9.17, 15) is 4.79 Å². The zero-order valence-electron chi connectivity index (χ0n) is 16.8. The summed E-state index contributed by atoms with van der Waals surface area (Å²) in [6, 6.07) is 8.51. The van der Waals surface area contributed by atoms with Gasteiger partial charge in [-0.3, -0.25) is 4.79 Å². The number of hydrogen-bond donors (Lipinski definition) is 0. The van der Waals surface area contributed by atoms with E-state index in [1.807, 2.05) is 30.5 Å². The molecular formula is C22H29N3O2S. The van der Waals surface area contributed by atoms with Gasteiger partial charge in [0.1, 0.15) is 10.8 Å². The second kappa shape index (κ2) is 8.62. The average molecular weight is 400 g/mol. The van der Waals surface area contributed by atoms with Gasteiger partial charge in [-0.25, -0.2) is 4.98 Å². The Kier molecular flexibility index (Phi) is 5.97. The van der Waals surface area contributed by atoms with Crippen LogP contribution in [0.15, 0.2) is 30.5 Å². The van der Waals surface area contributed by atoms with Crippen molar-refractivity contribution < 1.29 is 9.53 Å². The highest BCUT2D eigenvalue weighted by Gasteiger charge is 2.35. The summed E-state index contributed by atoms with van der Waals surface area (Å²) < 4.78 is 5.46. The summed E-state index contributed by atoms with van der Waals surface area (Å²) in [6.07, 6.45) is 7.61. The fourth-order valence-electron chi connectivity index (χ4n) is 4.60. The van der Waals surface area contributed by atoms with Crippen molar-refractivity contribution in [2.24, 2.45) is 5.92 Å². The van der Waals surface area contributed by atoms with Crippen molar-refractivity contribution in [1.82, 2.24) is 14.8 Å². The van der Waals surface area contributed by atoms with Gasteiger partial charge >= 0.3 is 0 Å². The third kappa shape index (κ3) is 4.23. The topological polar surface area (TPSA) is 45.7 Å². The number of carbonyl (C=O) groups excluding carboxylic acids is 1. The first kappa shape index (κ1) is 19.4. The zero-order valence-corrected chi connectivity index (χ0v) is 17.6. The molecule has 2 aliphatic rings. The predicted octanol–water partition coefficient (Wildman–Crippen LogP) is 4.04. The third-order valence-electron chi connectivity index (χ3n) is 5.89. The minimum Gasteiger partial charge on any atom is -0.496 e. The predicted molar refractivity (Wildman–Crippen MR) is 113 cm³/mol. The van der Waals surface area contributed by atoms with Crippen molar-refractivity contribution >= 4 is 17.2 Å². The summed E-state index contributed by atoms with van der Waals surface area (Å²) in [5.41, 5.74) is 1.04. The van der Waals surface area contributed by atoms with Crippen molar-refractivity contribution in [2.75, 3.05) is 27.2 Å². The molecule has 2 aromatic rings. The van der Waals surface area contributed by atoms with E-state index in [-0.39, 0.29) is 0 Å². The summed E-state index contributed by atoms with van der Waals surface area (Å²) in [6.45, 7) is 2.75. The molecule has 0 bridgehead atoms. The molecular weight excluding hydrogens is 370 g/mol. The molecule has 1 amide bonds. The minimum absolute atomic E-state index is 0.363. The number of amides is 1. The number of carbonyl (C=O) groups is 1. The average Bonchev–Trinajstić information content (AvgIpc) is 3.43. The van der Waals surface area contributed by atoms with Crippen LogP contribution in [0.3, 0.4) is 0 Å². The fourth-order valence-corrected chi connectivity index (χ4v) is 5.62. The molecule has 1 aromatic carbocycles. The number of benzene rings is 1. The summed E-state index contributed by atoms with van der Waals surface area (Å²) >= 11 is 1.71. The summed E-state index contributed by atoms with van der Waals surface area (Å²) in [7, 11) is 3.84. The maximum Gasteiger partial charge on any atom is 0.223 e. The molecule has 1 saturated carbocycles. The van der Waals surface area contributed by atoms with Gasteiger partial charge in [-0.15, -0.1) is 11.3 Å². The molecule has 0 spiro atoms. The van der Waals surface area contributed by atoms with E-state index in [2.05, 4.69) is 21.8 Å². The summed E-state index contributed by atoms with van der Waals surface area (Å²) in [5, 5.41) is 0.990. The number of likely N-dealkylation sites (tertiary alicyclic amines) is 1. The number of hydrogen-bond acceptors (Lipinski definition) is 5. The lowest BCUT2D eigenvalue weighted by Crippen LogP contribution is -2.35. The fraction of sp³-hybridized carbons (Fsp3) is 0.545. The van der Waals surface area contributed by atoms with Gasteiger partial charge in [-0.1, -0.05) is 25.0 Å². The monoisotopic (exact) mass is 399 g/mol. The summed E-state index contributed by atoms with van der Waals surface area (Å²) in [5.74, 6) is 1.66. The smallest absolute Gasteiger partial charge is 0.223 e. The van der Waals surface area contributed by atoms with Gasteiger partial charge in [0.15, 0.2) is 0 Å². The van der Waals surface area contributed by atoms with E-state index < -0.39 is 0 Å². The Morgan fingerprint density at radius 3 is 2.86 bits per heavy atom. The highest BCUT2D eigenvalue weighted by molar-refractivity contribution is 7.15. The van der Waals surface area contributed by atoms with Gasteiger partial charge in [-0.2, -0.15) is 0 Å². The van der Waals surface area contributed by atoms with Crippen molar-refractivity contribution in [3.05, 3.63) is 35.3 Å². The Labute approximate surface area is 171 Å². The van der Waals surface area contributed by atoms with Gasteiger partial charge in [0, 0.05) is 43.2 Å². The molecule has 1 aliphatic heterocycles. The van der Waals surface area contributed by atoms with Crippen molar-refractivity contribution in [1.29, 1.82) is 0 Å². The first-order chi connectivity index (χ1) is 13.6. The number of aromatic nitrogens is 1. The van der Waals surface area contributed by atoms with E-state index in [0.717, 1.165) is 36.0 Å². The number of thiazole rings is 1. The Bertz CT molecular complexity index is 816. The lowest BCUT2D eigenvalue weighted by Gasteiger charge is -2.25. The highest BCUT2D eigenvalue weighted by atomic mass is 32.1. The van der Waals surface area contributed by atoms with Gasteiger partial charge in [0.2, 0.25) is 5.91 Å². The van der Waals surface area contributed by atoms with Gasteiger partial charge < -0.3 is 14.5 Å². The number of nitrogens with zero attached hydrogens (tertiary/aromatic N) is 3. The van der Waals surface area contributed by atoms with E-state index in [0.29, 0.717) is 24.3 Å². The second-order valence-corrected chi connectivity index (χ2v) is 9.20. The van der Waals surface area contributed by atoms with Crippen LogP contribution in [0, 0.1) is 5.92 Å². The van der Waals surface area contributed by atoms with E-state index in [1.165, 1.54) is 30.6 Å². The van der Waals surface area contributed by atoms with E-state index in [1.54, 1.807) is 18.4 Å². The second-order valence-electron chi connectivity index (χ2n) is 8.08. The van der Waals surface area contributed by atoms with Gasteiger partial charge in [-0.05, 0) is 37.9 Å². The lowest BCUT2D eigenvalue weighted by atomic mass is 10.1. The van der Waals surface area contributed by atoms with Crippen LogP contribution in [-0.2, 0) is 11.3 Å². The number of ether oxygens (including phenoxy) is 1. The molecule has 4 rings (SSSR count). The van der Waals surface area contributed by atoms with Crippen LogP contribution in [0.2, 0.25) is 0 Å². The molecule has 2 fully saturated rings. The summed E-state index contributed by atoms with van der Waals surface area (Å²) in [4.78, 5) is 22.8. The molecule has 6 heteroatoms.